The fourth-order valence-corrected chi connectivity index (χ4v) is 2.84. The molecule has 1 saturated carbocycles. The third-order valence-electron chi connectivity index (χ3n) is 3.89. The Balaban J connectivity index is 2.39. The van der Waals surface area contributed by atoms with Crippen LogP contribution < -0.4 is 0 Å². The minimum atomic E-state index is -0.643. The number of carboxylic acids is 1. The Morgan fingerprint density at radius 1 is 1.36 bits per heavy atom. The molecule has 0 amide bonds. The molecule has 0 aromatic heterocycles. The summed E-state index contributed by atoms with van der Waals surface area (Å²) < 4.78 is 0. The largest absolute Gasteiger partial charge is 0.481 e. The van der Waals surface area contributed by atoms with Crippen LogP contribution >= 0.6 is 0 Å². The lowest BCUT2D eigenvalue weighted by Gasteiger charge is -2.35. The number of rotatable bonds is 4. The maximum Gasteiger partial charge on any atom is 0.303 e. The molecular weight excluding hydrogens is 176 g/mol. The molecule has 1 N–H and O–H groups in total. The first-order valence-electron chi connectivity index (χ1n) is 5.87. The zero-order valence-electron chi connectivity index (χ0n) is 9.33. The molecule has 0 aromatic carbocycles. The van der Waals surface area contributed by atoms with Crippen molar-refractivity contribution in [3.05, 3.63) is 0 Å². The Kier molecular flexibility index (Phi) is 4.43. The van der Waals surface area contributed by atoms with Crippen molar-refractivity contribution in [1.29, 1.82) is 0 Å². The van der Waals surface area contributed by atoms with Gasteiger partial charge in [-0.3, -0.25) is 4.79 Å². The molecule has 14 heavy (non-hydrogen) atoms. The van der Waals surface area contributed by atoms with Gasteiger partial charge in [0.05, 0.1) is 0 Å². The van der Waals surface area contributed by atoms with Crippen LogP contribution in [-0.4, -0.2) is 11.1 Å². The highest BCUT2D eigenvalue weighted by Gasteiger charge is 2.28. The van der Waals surface area contributed by atoms with Crippen LogP contribution in [0.3, 0.4) is 0 Å². The highest BCUT2D eigenvalue weighted by atomic mass is 16.4. The quantitative estimate of drug-likeness (QED) is 0.752. The molecule has 1 aliphatic rings. The zero-order valence-corrected chi connectivity index (χ0v) is 9.33. The van der Waals surface area contributed by atoms with Gasteiger partial charge in [0.15, 0.2) is 0 Å². The number of hydrogen-bond donors (Lipinski definition) is 1. The minimum absolute atomic E-state index is 0.353. The van der Waals surface area contributed by atoms with Crippen molar-refractivity contribution in [2.24, 2.45) is 17.8 Å². The Morgan fingerprint density at radius 2 is 2.00 bits per heavy atom. The summed E-state index contributed by atoms with van der Waals surface area (Å²) in [5.74, 6) is 1.58. The average molecular weight is 198 g/mol. The molecule has 1 fully saturated rings. The fraction of sp³-hybridized carbons (Fsp3) is 0.917. The van der Waals surface area contributed by atoms with E-state index in [2.05, 4.69) is 13.8 Å². The molecule has 1 rings (SSSR count). The smallest absolute Gasteiger partial charge is 0.303 e. The number of hydrogen-bond acceptors (Lipinski definition) is 1. The van der Waals surface area contributed by atoms with E-state index in [4.69, 9.17) is 5.11 Å². The van der Waals surface area contributed by atoms with E-state index in [1.165, 1.54) is 25.7 Å². The molecule has 3 atom stereocenters. The second kappa shape index (κ2) is 5.38. The lowest BCUT2D eigenvalue weighted by molar-refractivity contribution is -0.137. The van der Waals surface area contributed by atoms with E-state index in [-0.39, 0.29) is 0 Å². The van der Waals surface area contributed by atoms with Gasteiger partial charge in [-0.05, 0) is 24.2 Å². The van der Waals surface area contributed by atoms with Crippen molar-refractivity contribution in [3.63, 3.8) is 0 Å². The zero-order chi connectivity index (χ0) is 10.6. The lowest BCUT2D eigenvalue weighted by atomic mass is 9.70. The van der Waals surface area contributed by atoms with Gasteiger partial charge in [-0.15, -0.1) is 0 Å². The molecule has 82 valence electrons. The van der Waals surface area contributed by atoms with E-state index >= 15 is 0 Å². The van der Waals surface area contributed by atoms with Gasteiger partial charge in [0, 0.05) is 6.42 Å². The monoisotopic (exact) mass is 198 g/mol. The fourth-order valence-electron chi connectivity index (χ4n) is 2.84. The average Bonchev–Trinajstić information content (AvgIpc) is 2.16. The molecule has 0 saturated heterocycles. The molecule has 2 nitrogen and oxygen atoms in total. The number of aliphatic carboxylic acids is 1. The van der Waals surface area contributed by atoms with Crippen molar-refractivity contribution >= 4 is 5.97 Å². The van der Waals surface area contributed by atoms with Crippen molar-refractivity contribution in [1.82, 2.24) is 0 Å². The summed E-state index contributed by atoms with van der Waals surface area (Å²) in [6.07, 6.45) is 6.38. The molecule has 0 heterocycles. The van der Waals surface area contributed by atoms with Gasteiger partial charge in [0.2, 0.25) is 0 Å². The molecule has 0 radical (unpaired) electrons. The van der Waals surface area contributed by atoms with Crippen LogP contribution in [0.15, 0.2) is 0 Å². The van der Waals surface area contributed by atoms with Gasteiger partial charge in [0.25, 0.3) is 0 Å². The van der Waals surface area contributed by atoms with Crippen LogP contribution in [0.1, 0.15) is 52.4 Å². The molecule has 0 bridgehead atoms. The van der Waals surface area contributed by atoms with Gasteiger partial charge in [-0.1, -0.05) is 39.5 Å². The molecule has 0 aliphatic heterocycles. The first kappa shape index (κ1) is 11.5. The van der Waals surface area contributed by atoms with Crippen LogP contribution in [0.4, 0.5) is 0 Å². The van der Waals surface area contributed by atoms with E-state index in [1.807, 2.05) is 0 Å². The van der Waals surface area contributed by atoms with Gasteiger partial charge in [-0.2, -0.15) is 0 Å². The summed E-state index contributed by atoms with van der Waals surface area (Å²) >= 11 is 0. The van der Waals surface area contributed by atoms with Crippen molar-refractivity contribution in [3.8, 4) is 0 Å². The van der Waals surface area contributed by atoms with Gasteiger partial charge in [-0.25, -0.2) is 0 Å². The second-order valence-corrected chi connectivity index (χ2v) is 4.65. The highest BCUT2D eigenvalue weighted by Crippen LogP contribution is 2.38. The van der Waals surface area contributed by atoms with Crippen LogP contribution in [-0.2, 0) is 4.79 Å². The third kappa shape index (κ3) is 3.00. The summed E-state index contributed by atoms with van der Waals surface area (Å²) in [5.41, 5.74) is 0. The molecular formula is C12H22O2. The molecule has 2 heteroatoms. The Bertz CT molecular complexity index is 189. The summed E-state index contributed by atoms with van der Waals surface area (Å²) in [7, 11) is 0. The standard InChI is InChI=1S/C12H22O2/c1-3-10-5-4-6-11(9(10)2)7-8-12(13)14/h9-11H,3-8H2,1-2H3,(H,13,14). The van der Waals surface area contributed by atoms with Crippen LogP contribution in [0.25, 0.3) is 0 Å². The predicted octanol–water partition coefficient (Wildman–Crippen LogP) is 3.31. The number of carboxylic acid groups (broad SMARTS) is 1. The summed E-state index contributed by atoms with van der Waals surface area (Å²) in [4.78, 5) is 10.5. The molecule has 0 aromatic rings. The van der Waals surface area contributed by atoms with Gasteiger partial charge >= 0.3 is 5.97 Å². The van der Waals surface area contributed by atoms with Crippen molar-refractivity contribution < 1.29 is 9.90 Å². The van der Waals surface area contributed by atoms with Crippen molar-refractivity contribution in [2.75, 3.05) is 0 Å². The second-order valence-electron chi connectivity index (χ2n) is 4.65. The molecule has 0 spiro atoms. The Morgan fingerprint density at radius 3 is 2.57 bits per heavy atom. The lowest BCUT2D eigenvalue weighted by Crippen LogP contribution is -2.26. The van der Waals surface area contributed by atoms with E-state index in [9.17, 15) is 4.79 Å². The van der Waals surface area contributed by atoms with Crippen LogP contribution in [0.2, 0.25) is 0 Å². The van der Waals surface area contributed by atoms with Gasteiger partial charge < -0.3 is 5.11 Å². The van der Waals surface area contributed by atoms with Gasteiger partial charge in [0.1, 0.15) is 0 Å². The van der Waals surface area contributed by atoms with Crippen molar-refractivity contribution in [2.45, 2.75) is 52.4 Å². The first-order valence-corrected chi connectivity index (χ1v) is 5.87. The minimum Gasteiger partial charge on any atom is -0.481 e. The van der Waals surface area contributed by atoms with Crippen LogP contribution in [0, 0.1) is 17.8 Å². The summed E-state index contributed by atoms with van der Waals surface area (Å²) in [6, 6.07) is 0. The highest BCUT2D eigenvalue weighted by molar-refractivity contribution is 5.66. The first-order chi connectivity index (χ1) is 6.65. The maximum absolute atomic E-state index is 10.5. The summed E-state index contributed by atoms with van der Waals surface area (Å²) in [5, 5.41) is 8.65. The Hall–Kier alpha value is -0.530. The van der Waals surface area contributed by atoms with E-state index < -0.39 is 5.97 Å². The van der Waals surface area contributed by atoms with E-state index in [1.54, 1.807) is 0 Å². The van der Waals surface area contributed by atoms with E-state index in [0.29, 0.717) is 12.3 Å². The van der Waals surface area contributed by atoms with E-state index in [0.717, 1.165) is 18.3 Å². The normalized spacial score (nSPS) is 32.9. The molecule has 1 aliphatic carbocycles. The number of carbonyl (C=O) groups is 1. The van der Waals surface area contributed by atoms with Crippen LogP contribution in [0.5, 0.6) is 0 Å². The molecule has 3 unspecified atom stereocenters. The maximum atomic E-state index is 10.5. The predicted molar refractivity (Wildman–Crippen MR) is 57.2 cm³/mol. The third-order valence-corrected chi connectivity index (χ3v) is 3.89. The topological polar surface area (TPSA) is 37.3 Å². The Labute approximate surface area is 86.7 Å². The SMILES string of the molecule is CCC1CCCC(CCC(=O)O)C1C. The summed E-state index contributed by atoms with van der Waals surface area (Å²) in [6.45, 7) is 4.56.